The van der Waals surface area contributed by atoms with Gasteiger partial charge in [-0.1, -0.05) is 37.3 Å². The first kappa shape index (κ1) is 14.4. The number of esters is 1. The molecule has 0 aromatic heterocycles. The summed E-state index contributed by atoms with van der Waals surface area (Å²) in [5.74, 6) is -0.578. The van der Waals surface area contributed by atoms with E-state index in [1.165, 1.54) is 0 Å². The van der Waals surface area contributed by atoms with Gasteiger partial charge in [-0.25, -0.2) is 0 Å². The highest BCUT2D eigenvalue weighted by molar-refractivity contribution is 5.81. The molecule has 1 aromatic rings. The minimum Gasteiger partial charge on any atom is -0.461 e. The molecule has 0 spiro atoms. The summed E-state index contributed by atoms with van der Waals surface area (Å²) in [4.78, 5) is 22.7. The van der Waals surface area contributed by atoms with Crippen molar-refractivity contribution in [1.82, 2.24) is 0 Å². The monoisotopic (exact) mass is 249 g/mol. The Morgan fingerprint density at radius 3 is 2.56 bits per heavy atom. The lowest BCUT2D eigenvalue weighted by Crippen LogP contribution is -2.18. The van der Waals surface area contributed by atoms with Gasteiger partial charge < -0.3 is 10.5 Å². The Balaban J connectivity index is 2.30. The minimum absolute atomic E-state index is 0.0299. The molecule has 0 fully saturated rings. The maximum Gasteiger partial charge on any atom is 0.308 e. The molecule has 0 heterocycles. The number of rotatable bonds is 7. The van der Waals surface area contributed by atoms with E-state index in [9.17, 15) is 9.59 Å². The van der Waals surface area contributed by atoms with Crippen molar-refractivity contribution < 1.29 is 14.3 Å². The van der Waals surface area contributed by atoms with Gasteiger partial charge in [0.25, 0.3) is 0 Å². The maximum atomic E-state index is 11.7. The molecule has 0 saturated heterocycles. The molecule has 4 nitrogen and oxygen atoms in total. The largest absolute Gasteiger partial charge is 0.461 e. The Labute approximate surface area is 107 Å². The van der Waals surface area contributed by atoms with E-state index in [0.717, 1.165) is 5.56 Å². The third kappa shape index (κ3) is 5.10. The molecule has 0 saturated carbocycles. The molecule has 2 N–H and O–H groups in total. The summed E-state index contributed by atoms with van der Waals surface area (Å²) in [5.41, 5.74) is 6.16. The lowest BCUT2D eigenvalue weighted by molar-refractivity contribution is -0.149. The fraction of sp³-hybridized carbons (Fsp3) is 0.429. The molecule has 0 unspecified atom stereocenters. The molecular formula is C14H19NO3. The topological polar surface area (TPSA) is 69.4 Å². The second-order valence-electron chi connectivity index (χ2n) is 4.28. The van der Waals surface area contributed by atoms with E-state index in [2.05, 4.69) is 0 Å². The molecule has 1 atom stereocenters. The van der Waals surface area contributed by atoms with Gasteiger partial charge in [-0.15, -0.1) is 0 Å². The van der Waals surface area contributed by atoms with Crippen molar-refractivity contribution in [3.05, 3.63) is 35.9 Å². The van der Waals surface area contributed by atoms with Crippen LogP contribution in [0.4, 0.5) is 0 Å². The third-order valence-electron chi connectivity index (χ3n) is 2.71. The highest BCUT2D eigenvalue weighted by atomic mass is 16.5. The Kier molecular flexibility index (Phi) is 6.08. The number of hydrogen-bond acceptors (Lipinski definition) is 4. The van der Waals surface area contributed by atoms with E-state index in [1.807, 2.05) is 30.3 Å². The van der Waals surface area contributed by atoms with Crippen molar-refractivity contribution in [3.63, 3.8) is 0 Å². The fourth-order valence-corrected chi connectivity index (χ4v) is 1.47. The zero-order chi connectivity index (χ0) is 13.4. The summed E-state index contributed by atoms with van der Waals surface area (Å²) < 4.78 is 5.17. The normalized spacial score (nSPS) is 11.9. The van der Waals surface area contributed by atoms with Crippen LogP contribution in [0.2, 0.25) is 0 Å². The van der Waals surface area contributed by atoms with E-state index >= 15 is 0 Å². The van der Waals surface area contributed by atoms with Crippen molar-refractivity contribution in [3.8, 4) is 0 Å². The van der Waals surface area contributed by atoms with Crippen LogP contribution in [0, 0.1) is 5.92 Å². The first-order valence-electron chi connectivity index (χ1n) is 6.05. The van der Waals surface area contributed by atoms with Gasteiger partial charge in [-0.05, 0) is 12.0 Å². The van der Waals surface area contributed by atoms with Crippen LogP contribution in [0.5, 0.6) is 0 Å². The average molecular weight is 249 g/mol. The summed E-state index contributed by atoms with van der Waals surface area (Å²) in [7, 11) is 0. The fourth-order valence-electron chi connectivity index (χ4n) is 1.47. The molecule has 18 heavy (non-hydrogen) atoms. The summed E-state index contributed by atoms with van der Waals surface area (Å²) in [6, 6.07) is 9.50. The quantitative estimate of drug-likeness (QED) is 0.746. The molecule has 98 valence electrons. The number of nitrogens with two attached hydrogens (primary N) is 1. The van der Waals surface area contributed by atoms with Crippen LogP contribution in [-0.4, -0.2) is 18.3 Å². The van der Waals surface area contributed by atoms with Gasteiger partial charge >= 0.3 is 5.97 Å². The van der Waals surface area contributed by atoms with E-state index in [4.69, 9.17) is 10.5 Å². The summed E-state index contributed by atoms with van der Waals surface area (Å²) >= 11 is 0. The predicted octanol–water partition coefficient (Wildman–Crippen LogP) is 1.67. The third-order valence-corrected chi connectivity index (χ3v) is 2.71. The average Bonchev–Trinajstić information content (AvgIpc) is 2.42. The smallest absolute Gasteiger partial charge is 0.308 e. The molecular weight excluding hydrogens is 230 g/mol. The van der Waals surface area contributed by atoms with Crippen molar-refractivity contribution in [2.75, 3.05) is 6.54 Å². The van der Waals surface area contributed by atoms with E-state index < -0.39 is 0 Å². The van der Waals surface area contributed by atoms with Gasteiger partial charge in [0.2, 0.25) is 0 Å². The Morgan fingerprint density at radius 1 is 1.28 bits per heavy atom. The van der Waals surface area contributed by atoms with Crippen LogP contribution < -0.4 is 5.73 Å². The number of benzene rings is 1. The highest BCUT2D eigenvalue weighted by Gasteiger charge is 2.15. The first-order chi connectivity index (χ1) is 8.63. The van der Waals surface area contributed by atoms with E-state index in [0.29, 0.717) is 12.8 Å². The van der Waals surface area contributed by atoms with Crippen molar-refractivity contribution >= 4 is 11.8 Å². The van der Waals surface area contributed by atoms with E-state index in [-0.39, 0.29) is 30.8 Å². The second kappa shape index (κ2) is 7.61. The molecule has 0 amide bonds. The first-order valence-corrected chi connectivity index (χ1v) is 6.05. The second-order valence-corrected chi connectivity index (χ2v) is 4.28. The number of hydrogen-bond donors (Lipinski definition) is 1. The van der Waals surface area contributed by atoms with Gasteiger partial charge in [-0.2, -0.15) is 0 Å². The van der Waals surface area contributed by atoms with Gasteiger partial charge in [0.1, 0.15) is 12.4 Å². The lowest BCUT2D eigenvalue weighted by Gasteiger charge is -2.10. The van der Waals surface area contributed by atoms with Crippen LogP contribution in [0.15, 0.2) is 30.3 Å². The number of Topliss-reactive ketones (excluding diaryl/α,β-unsaturated/α-hetero) is 1. The highest BCUT2D eigenvalue weighted by Crippen LogP contribution is 2.10. The van der Waals surface area contributed by atoms with Gasteiger partial charge in [-0.3, -0.25) is 9.59 Å². The standard InChI is InChI=1S/C14H19NO3/c1-11(7-8-13(16)9-15)14(17)18-10-12-5-3-2-4-6-12/h2-6,11H,7-10,15H2,1H3/t11-/m0/s1. The van der Waals surface area contributed by atoms with Crippen molar-refractivity contribution in [2.24, 2.45) is 11.7 Å². The zero-order valence-electron chi connectivity index (χ0n) is 10.6. The molecule has 1 rings (SSSR count). The molecule has 4 heteroatoms. The number of carbonyl (C=O) groups excluding carboxylic acids is 2. The minimum atomic E-state index is -0.274. The van der Waals surface area contributed by atoms with Crippen LogP contribution in [0.3, 0.4) is 0 Å². The summed E-state index contributed by atoms with van der Waals surface area (Å²) in [6.45, 7) is 2.07. The predicted molar refractivity (Wildman–Crippen MR) is 68.7 cm³/mol. The van der Waals surface area contributed by atoms with Gasteiger partial charge in [0, 0.05) is 6.42 Å². The van der Waals surface area contributed by atoms with E-state index in [1.54, 1.807) is 6.92 Å². The molecule has 0 aliphatic rings. The zero-order valence-corrected chi connectivity index (χ0v) is 10.6. The molecule has 0 radical (unpaired) electrons. The number of carbonyl (C=O) groups is 2. The van der Waals surface area contributed by atoms with Gasteiger partial charge in [0.05, 0.1) is 12.5 Å². The van der Waals surface area contributed by atoms with Crippen LogP contribution in [0.1, 0.15) is 25.3 Å². The van der Waals surface area contributed by atoms with Crippen LogP contribution in [-0.2, 0) is 20.9 Å². The Hall–Kier alpha value is -1.68. The van der Waals surface area contributed by atoms with Gasteiger partial charge in [0.15, 0.2) is 0 Å². The van der Waals surface area contributed by atoms with Crippen molar-refractivity contribution in [2.45, 2.75) is 26.4 Å². The summed E-state index contributed by atoms with van der Waals surface area (Å²) in [5, 5.41) is 0. The molecule has 0 aliphatic heterocycles. The Morgan fingerprint density at radius 2 is 1.94 bits per heavy atom. The van der Waals surface area contributed by atoms with Crippen LogP contribution >= 0.6 is 0 Å². The van der Waals surface area contributed by atoms with Crippen molar-refractivity contribution in [1.29, 1.82) is 0 Å². The number of ketones is 1. The molecule has 0 bridgehead atoms. The maximum absolute atomic E-state index is 11.7. The molecule has 1 aromatic carbocycles. The number of ether oxygens (including phenoxy) is 1. The Bertz CT molecular complexity index is 389. The lowest BCUT2D eigenvalue weighted by atomic mass is 10.0. The summed E-state index contributed by atoms with van der Waals surface area (Å²) in [6.07, 6.45) is 0.821. The SMILES string of the molecule is C[C@@H](CCC(=O)CN)C(=O)OCc1ccccc1. The molecule has 0 aliphatic carbocycles. The van der Waals surface area contributed by atoms with Crippen LogP contribution in [0.25, 0.3) is 0 Å².